The molecule has 0 bridgehead atoms. The van der Waals surface area contributed by atoms with Gasteiger partial charge in [0.1, 0.15) is 0 Å². The maximum absolute atomic E-state index is 6.68. The van der Waals surface area contributed by atoms with Crippen LogP contribution >= 0.6 is 0 Å². The highest BCUT2D eigenvalue weighted by atomic mass is 14.7. The van der Waals surface area contributed by atoms with E-state index in [1.165, 1.54) is 44.1 Å². The first-order chi connectivity index (χ1) is 8.73. The van der Waals surface area contributed by atoms with Crippen molar-refractivity contribution in [2.24, 2.45) is 5.73 Å². The van der Waals surface area contributed by atoms with Crippen molar-refractivity contribution in [1.82, 2.24) is 0 Å². The van der Waals surface area contributed by atoms with Gasteiger partial charge in [0.05, 0.1) is 0 Å². The fourth-order valence-corrected chi connectivity index (χ4v) is 2.50. The van der Waals surface area contributed by atoms with E-state index in [0.717, 1.165) is 12.8 Å². The molecule has 0 unspecified atom stereocenters. The van der Waals surface area contributed by atoms with Gasteiger partial charge in [-0.15, -0.1) is 0 Å². The van der Waals surface area contributed by atoms with E-state index in [-0.39, 0.29) is 5.54 Å². The number of benzene rings is 1. The topological polar surface area (TPSA) is 26.0 Å². The SMILES string of the molecule is CCCCCC(N)(CCCCC)c1c[c]ccc1. The largest absolute Gasteiger partial charge is 0.321 e. The van der Waals surface area contributed by atoms with Crippen molar-refractivity contribution in [3.8, 4) is 0 Å². The van der Waals surface area contributed by atoms with Crippen LogP contribution in [0.15, 0.2) is 24.3 Å². The molecule has 1 aromatic carbocycles. The molecule has 0 amide bonds. The van der Waals surface area contributed by atoms with Gasteiger partial charge in [0, 0.05) is 5.54 Å². The summed E-state index contributed by atoms with van der Waals surface area (Å²) in [5.41, 5.74) is 7.81. The Morgan fingerprint density at radius 3 is 2.11 bits per heavy atom. The summed E-state index contributed by atoms with van der Waals surface area (Å²) >= 11 is 0. The third-order valence-electron chi connectivity index (χ3n) is 3.73. The molecule has 1 rings (SSSR count). The molecule has 0 aromatic heterocycles. The minimum atomic E-state index is -0.137. The van der Waals surface area contributed by atoms with Gasteiger partial charge in [-0.25, -0.2) is 0 Å². The average molecular weight is 246 g/mol. The fourth-order valence-electron chi connectivity index (χ4n) is 2.50. The van der Waals surface area contributed by atoms with E-state index in [4.69, 9.17) is 5.73 Å². The van der Waals surface area contributed by atoms with Crippen LogP contribution < -0.4 is 5.73 Å². The highest BCUT2D eigenvalue weighted by molar-refractivity contribution is 5.23. The number of nitrogens with two attached hydrogens (primary N) is 1. The van der Waals surface area contributed by atoms with E-state index in [2.05, 4.69) is 38.1 Å². The Kier molecular flexibility index (Phi) is 7.04. The number of rotatable bonds is 9. The lowest BCUT2D eigenvalue weighted by Gasteiger charge is -2.30. The molecule has 0 aliphatic rings. The average Bonchev–Trinajstić information content (AvgIpc) is 2.40. The quantitative estimate of drug-likeness (QED) is 0.622. The summed E-state index contributed by atoms with van der Waals surface area (Å²) in [4.78, 5) is 0. The lowest BCUT2D eigenvalue weighted by Crippen LogP contribution is -2.36. The molecular formula is C17H28N. The maximum Gasteiger partial charge on any atom is 0.0409 e. The van der Waals surface area contributed by atoms with Crippen molar-refractivity contribution in [3.05, 3.63) is 35.9 Å². The van der Waals surface area contributed by atoms with Crippen molar-refractivity contribution >= 4 is 0 Å². The van der Waals surface area contributed by atoms with Gasteiger partial charge in [-0.05, 0) is 30.5 Å². The van der Waals surface area contributed by atoms with E-state index >= 15 is 0 Å². The molecule has 0 aliphatic heterocycles. The second-order valence-corrected chi connectivity index (χ2v) is 5.36. The van der Waals surface area contributed by atoms with Crippen LogP contribution in [0.4, 0.5) is 0 Å². The van der Waals surface area contributed by atoms with E-state index in [1.54, 1.807) is 0 Å². The molecule has 0 aliphatic carbocycles. The molecule has 2 N–H and O–H groups in total. The molecule has 1 heteroatoms. The normalized spacial score (nSPS) is 11.7. The standard InChI is InChI=1S/C17H28N/c1-3-5-10-14-17(18,15-11-6-4-2)16-12-8-7-9-13-16/h7-8,12-13H,3-6,10-11,14-15,18H2,1-2H3. The van der Waals surface area contributed by atoms with E-state index in [9.17, 15) is 0 Å². The smallest absolute Gasteiger partial charge is 0.0409 e. The maximum atomic E-state index is 6.68. The summed E-state index contributed by atoms with van der Waals surface area (Å²) in [7, 11) is 0. The third kappa shape index (κ3) is 4.81. The molecule has 1 radical (unpaired) electrons. The van der Waals surface area contributed by atoms with Crippen LogP contribution in [0.2, 0.25) is 0 Å². The summed E-state index contributed by atoms with van der Waals surface area (Å²) in [5, 5.41) is 0. The highest BCUT2D eigenvalue weighted by Crippen LogP contribution is 2.30. The molecule has 1 aromatic rings. The van der Waals surface area contributed by atoms with Crippen LogP contribution in [-0.4, -0.2) is 0 Å². The zero-order chi connectivity index (χ0) is 13.3. The number of hydrogen-bond acceptors (Lipinski definition) is 1. The summed E-state index contributed by atoms with van der Waals surface area (Å²) in [5.74, 6) is 0. The summed E-state index contributed by atoms with van der Waals surface area (Å²) in [6, 6.07) is 11.4. The fraction of sp³-hybridized carbons (Fsp3) is 0.647. The number of hydrogen-bond donors (Lipinski definition) is 1. The Morgan fingerprint density at radius 1 is 1.06 bits per heavy atom. The lowest BCUT2D eigenvalue weighted by atomic mass is 9.81. The number of unbranched alkanes of at least 4 members (excludes halogenated alkanes) is 4. The molecule has 0 fully saturated rings. The van der Waals surface area contributed by atoms with E-state index in [1.807, 2.05) is 6.07 Å². The zero-order valence-electron chi connectivity index (χ0n) is 12.0. The van der Waals surface area contributed by atoms with Crippen molar-refractivity contribution in [2.45, 2.75) is 70.8 Å². The first-order valence-electron chi connectivity index (χ1n) is 7.48. The zero-order valence-corrected chi connectivity index (χ0v) is 12.0. The Hall–Kier alpha value is -0.820. The third-order valence-corrected chi connectivity index (χ3v) is 3.73. The highest BCUT2D eigenvalue weighted by Gasteiger charge is 2.25. The first-order valence-corrected chi connectivity index (χ1v) is 7.48. The van der Waals surface area contributed by atoms with Gasteiger partial charge < -0.3 is 5.73 Å². The Morgan fingerprint density at radius 2 is 1.67 bits per heavy atom. The minimum Gasteiger partial charge on any atom is -0.321 e. The van der Waals surface area contributed by atoms with Crippen LogP contribution in [0, 0.1) is 6.07 Å². The Labute approximate surface area is 113 Å². The Bertz CT molecular complexity index is 295. The lowest BCUT2D eigenvalue weighted by molar-refractivity contribution is 0.347. The van der Waals surface area contributed by atoms with Crippen LogP contribution in [0.1, 0.15) is 70.8 Å². The molecule has 0 atom stereocenters. The second kappa shape index (κ2) is 8.31. The molecule has 0 saturated carbocycles. The monoisotopic (exact) mass is 246 g/mol. The van der Waals surface area contributed by atoms with Crippen molar-refractivity contribution in [2.75, 3.05) is 0 Å². The van der Waals surface area contributed by atoms with Gasteiger partial charge in [0.15, 0.2) is 0 Å². The van der Waals surface area contributed by atoms with Crippen LogP contribution in [0.3, 0.4) is 0 Å². The van der Waals surface area contributed by atoms with Crippen LogP contribution in [0.5, 0.6) is 0 Å². The van der Waals surface area contributed by atoms with Crippen molar-refractivity contribution in [3.63, 3.8) is 0 Å². The second-order valence-electron chi connectivity index (χ2n) is 5.36. The summed E-state index contributed by atoms with van der Waals surface area (Å²) in [6.07, 6.45) is 9.73. The van der Waals surface area contributed by atoms with E-state index in [0.29, 0.717) is 0 Å². The molecule has 0 heterocycles. The molecule has 101 valence electrons. The van der Waals surface area contributed by atoms with Gasteiger partial charge >= 0.3 is 0 Å². The van der Waals surface area contributed by atoms with Gasteiger partial charge in [0.2, 0.25) is 0 Å². The van der Waals surface area contributed by atoms with Gasteiger partial charge in [-0.3, -0.25) is 0 Å². The van der Waals surface area contributed by atoms with E-state index < -0.39 is 0 Å². The van der Waals surface area contributed by atoms with Crippen LogP contribution in [0.25, 0.3) is 0 Å². The van der Waals surface area contributed by atoms with Gasteiger partial charge in [0.25, 0.3) is 0 Å². The predicted octanol–water partition coefficient (Wildman–Crippen LogP) is 4.80. The first kappa shape index (κ1) is 15.2. The molecule has 0 spiro atoms. The van der Waals surface area contributed by atoms with Crippen molar-refractivity contribution < 1.29 is 0 Å². The van der Waals surface area contributed by atoms with Gasteiger partial charge in [-0.2, -0.15) is 0 Å². The minimum absolute atomic E-state index is 0.137. The molecular weight excluding hydrogens is 218 g/mol. The molecule has 18 heavy (non-hydrogen) atoms. The van der Waals surface area contributed by atoms with Crippen LogP contribution in [-0.2, 0) is 5.54 Å². The summed E-state index contributed by atoms with van der Waals surface area (Å²) < 4.78 is 0. The summed E-state index contributed by atoms with van der Waals surface area (Å²) in [6.45, 7) is 4.48. The predicted molar refractivity (Wildman–Crippen MR) is 79.4 cm³/mol. The van der Waals surface area contributed by atoms with Crippen molar-refractivity contribution in [1.29, 1.82) is 0 Å². The Balaban J connectivity index is 2.67. The molecule has 0 saturated heterocycles. The van der Waals surface area contributed by atoms with Gasteiger partial charge in [-0.1, -0.05) is 70.6 Å². The molecule has 1 nitrogen and oxygen atoms in total.